The van der Waals surface area contributed by atoms with E-state index in [4.69, 9.17) is 0 Å². The van der Waals surface area contributed by atoms with Crippen molar-refractivity contribution >= 4 is 6.71 Å². The normalized spacial score (nSPS) is 18.3. The van der Waals surface area contributed by atoms with E-state index in [1.165, 1.54) is 0 Å². The zero-order chi connectivity index (χ0) is 4.57. The molecular formula is C5H9B. The quantitative estimate of drug-likeness (QED) is 0.332. The van der Waals surface area contributed by atoms with Crippen molar-refractivity contribution in [3.63, 3.8) is 0 Å². The molecule has 0 fully saturated rings. The van der Waals surface area contributed by atoms with Crippen LogP contribution >= 0.6 is 0 Å². The Morgan fingerprint density at radius 3 is 1.83 bits per heavy atom. The summed E-state index contributed by atoms with van der Waals surface area (Å²) < 4.78 is 0. The molecule has 1 rings (SSSR count). The van der Waals surface area contributed by atoms with Gasteiger partial charge in [-0.3, -0.25) is 0 Å². The first-order chi connectivity index (χ1) is 2.80. The molecule has 0 heterocycles. The predicted molar refractivity (Wildman–Crippen MR) is 30.4 cm³/mol. The van der Waals surface area contributed by atoms with Crippen LogP contribution in [-0.4, -0.2) is 6.71 Å². The number of allylic oxidation sites excluding steroid dienone is 2. The maximum absolute atomic E-state index is 2.24. The van der Waals surface area contributed by atoms with Crippen molar-refractivity contribution in [2.75, 3.05) is 0 Å². The van der Waals surface area contributed by atoms with Gasteiger partial charge in [-0.2, -0.15) is 0 Å². The van der Waals surface area contributed by atoms with Gasteiger partial charge in [0, 0.05) is 0 Å². The van der Waals surface area contributed by atoms with Gasteiger partial charge in [-0.1, -0.05) is 25.8 Å². The molecule has 1 heteroatoms. The van der Waals surface area contributed by atoms with Crippen LogP contribution in [0.2, 0.25) is 19.5 Å². The SMILES string of the molecule is CB(C)C1C=C1. The lowest BCUT2D eigenvalue weighted by molar-refractivity contribution is 1.54. The van der Waals surface area contributed by atoms with Gasteiger partial charge in [0.1, 0.15) is 6.71 Å². The fraction of sp³-hybridized carbons (Fsp3) is 0.600. The minimum atomic E-state index is 0.852. The first kappa shape index (κ1) is 3.98. The molecule has 6 heavy (non-hydrogen) atoms. The number of hydrogen-bond acceptors (Lipinski definition) is 0. The van der Waals surface area contributed by atoms with Crippen molar-refractivity contribution in [1.82, 2.24) is 0 Å². The van der Waals surface area contributed by atoms with Gasteiger partial charge in [0.25, 0.3) is 0 Å². The summed E-state index contributed by atoms with van der Waals surface area (Å²) >= 11 is 0. The molecule has 0 bridgehead atoms. The molecule has 1 aliphatic rings. The average Bonchev–Trinajstić information content (AvgIpc) is 2.06. The molecule has 0 aromatic heterocycles. The summed E-state index contributed by atoms with van der Waals surface area (Å²) in [4.78, 5) is 0. The van der Waals surface area contributed by atoms with Crippen molar-refractivity contribution < 1.29 is 0 Å². The zero-order valence-corrected chi connectivity index (χ0v) is 4.31. The van der Waals surface area contributed by atoms with Crippen molar-refractivity contribution in [2.24, 2.45) is 0 Å². The highest BCUT2D eigenvalue weighted by Crippen LogP contribution is 2.26. The second kappa shape index (κ2) is 1.14. The molecule has 0 nitrogen and oxygen atoms in total. The molecule has 1 aliphatic carbocycles. The molecule has 0 atom stereocenters. The average molecular weight is 79.9 g/mol. The van der Waals surface area contributed by atoms with E-state index in [1.54, 1.807) is 0 Å². The van der Waals surface area contributed by atoms with Gasteiger partial charge in [-0.25, -0.2) is 0 Å². The van der Waals surface area contributed by atoms with E-state index < -0.39 is 0 Å². The maximum atomic E-state index is 2.24. The van der Waals surface area contributed by atoms with Crippen molar-refractivity contribution in [2.45, 2.75) is 19.5 Å². The summed E-state index contributed by atoms with van der Waals surface area (Å²) in [5.74, 6) is 0.852. The molecule has 0 aliphatic heterocycles. The molecular weight excluding hydrogens is 70.9 g/mol. The van der Waals surface area contributed by atoms with E-state index in [0.29, 0.717) is 0 Å². The Balaban J connectivity index is 2.16. The second-order valence-corrected chi connectivity index (χ2v) is 2.21. The Kier molecular flexibility index (Phi) is 0.757. The molecule has 0 N–H and O–H groups in total. The van der Waals surface area contributed by atoms with Crippen LogP contribution in [0, 0.1) is 0 Å². The van der Waals surface area contributed by atoms with Crippen molar-refractivity contribution in [3.8, 4) is 0 Å². The van der Waals surface area contributed by atoms with E-state index in [0.717, 1.165) is 12.5 Å². The summed E-state index contributed by atoms with van der Waals surface area (Å²) in [6.45, 7) is 5.33. The Morgan fingerprint density at radius 2 is 1.83 bits per heavy atom. The lowest BCUT2D eigenvalue weighted by Gasteiger charge is -1.89. The third kappa shape index (κ3) is 0.646. The van der Waals surface area contributed by atoms with Gasteiger partial charge in [-0.05, 0) is 5.82 Å². The first-order valence-electron chi connectivity index (χ1n) is 2.49. The predicted octanol–water partition coefficient (Wildman–Crippen LogP) is 1.68. The molecule has 0 spiro atoms. The number of hydrogen-bond donors (Lipinski definition) is 0. The largest absolute Gasteiger partial charge is 0.145 e. The molecule has 0 unspecified atom stereocenters. The highest BCUT2D eigenvalue weighted by Gasteiger charge is 2.16. The van der Waals surface area contributed by atoms with Gasteiger partial charge >= 0.3 is 0 Å². The van der Waals surface area contributed by atoms with Gasteiger partial charge in [0.2, 0.25) is 0 Å². The summed E-state index contributed by atoms with van der Waals surface area (Å²) in [5.41, 5.74) is 0. The van der Waals surface area contributed by atoms with Crippen LogP contribution in [0.4, 0.5) is 0 Å². The summed E-state index contributed by atoms with van der Waals surface area (Å²) in [7, 11) is 0. The van der Waals surface area contributed by atoms with Crippen LogP contribution in [0.1, 0.15) is 0 Å². The van der Waals surface area contributed by atoms with Gasteiger partial charge in [0.05, 0.1) is 0 Å². The van der Waals surface area contributed by atoms with Crippen LogP contribution in [0.3, 0.4) is 0 Å². The fourth-order valence-corrected chi connectivity index (χ4v) is 0.509. The van der Waals surface area contributed by atoms with E-state index in [-0.39, 0.29) is 0 Å². The summed E-state index contributed by atoms with van der Waals surface area (Å²) in [6.07, 6.45) is 4.48. The minimum absolute atomic E-state index is 0.852. The number of rotatable bonds is 1. The van der Waals surface area contributed by atoms with E-state index in [2.05, 4.69) is 25.8 Å². The maximum Gasteiger partial charge on any atom is 0.145 e. The summed E-state index contributed by atoms with van der Waals surface area (Å²) in [5, 5.41) is 0. The van der Waals surface area contributed by atoms with Gasteiger partial charge in [-0.15, -0.1) is 0 Å². The fourth-order valence-electron chi connectivity index (χ4n) is 0.509. The van der Waals surface area contributed by atoms with Gasteiger partial charge in [0.15, 0.2) is 0 Å². The monoisotopic (exact) mass is 80.1 g/mol. The summed E-state index contributed by atoms with van der Waals surface area (Å²) in [6, 6.07) is 0. The first-order valence-corrected chi connectivity index (χ1v) is 2.49. The smallest absolute Gasteiger partial charge is 0.0891 e. The van der Waals surface area contributed by atoms with E-state index in [1.807, 2.05) is 0 Å². The van der Waals surface area contributed by atoms with E-state index in [9.17, 15) is 0 Å². The minimum Gasteiger partial charge on any atom is -0.0891 e. The lowest BCUT2D eigenvalue weighted by atomic mass is 9.49. The van der Waals surface area contributed by atoms with Crippen LogP contribution in [0.15, 0.2) is 12.2 Å². The van der Waals surface area contributed by atoms with Crippen LogP contribution in [0.5, 0.6) is 0 Å². The molecule has 0 aromatic carbocycles. The molecule has 0 saturated carbocycles. The highest BCUT2D eigenvalue weighted by molar-refractivity contribution is 6.59. The Hall–Kier alpha value is -0.195. The standard InChI is InChI=1S/C5H9B/c1-6(2)5-3-4-5/h3-5H,1-2H3. The lowest BCUT2D eigenvalue weighted by Crippen LogP contribution is -1.97. The van der Waals surface area contributed by atoms with Crippen LogP contribution in [-0.2, 0) is 0 Å². The Morgan fingerprint density at radius 1 is 1.33 bits per heavy atom. The zero-order valence-electron chi connectivity index (χ0n) is 4.31. The molecule has 32 valence electrons. The van der Waals surface area contributed by atoms with Gasteiger partial charge < -0.3 is 0 Å². The molecule has 0 aromatic rings. The Labute approximate surface area is 39.3 Å². The third-order valence-corrected chi connectivity index (χ3v) is 1.18. The van der Waals surface area contributed by atoms with Crippen LogP contribution < -0.4 is 0 Å². The molecule has 0 saturated heterocycles. The third-order valence-electron chi connectivity index (χ3n) is 1.18. The van der Waals surface area contributed by atoms with Crippen molar-refractivity contribution in [3.05, 3.63) is 12.2 Å². The highest BCUT2D eigenvalue weighted by atomic mass is 14.0. The molecule has 0 radical (unpaired) electrons. The van der Waals surface area contributed by atoms with Crippen molar-refractivity contribution in [1.29, 1.82) is 0 Å². The second-order valence-electron chi connectivity index (χ2n) is 2.21. The van der Waals surface area contributed by atoms with E-state index >= 15 is 0 Å². The Bertz CT molecular complexity index is 68.0. The topological polar surface area (TPSA) is 0 Å². The molecule has 0 amide bonds. The van der Waals surface area contributed by atoms with Crippen LogP contribution in [0.25, 0.3) is 0 Å².